The quantitative estimate of drug-likeness (QED) is 0.144. The Morgan fingerprint density at radius 2 is 1.05 bits per heavy atom. The minimum atomic E-state index is -4.76. The number of carbonyl (C=O) groups excluding carboxylic acids is 2. The molecule has 0 radical (unpaired) electrons. The van der Waals surface area contributed by atoms with Gasteiger partial charge in [-0.1, -0.05) is 0 Å². The van der Waals surface area contributed by atoms with Crippen LogP contribution in [0.25, 0.3) is 33.7 Å². The second kappa shape index (κ2) is 16.9. The number of hydrogen-bond donors (Lipinski definition) is 2. The minimum absolute atomic E-state index is 0.0546. The van der Waals surface area contributed by atoms with E-state index in [0.717, 1.165) is 33.9 Å². The van der Waals surface area contributed by atoms with Crippen LogP contribution in [0.5, 0.6) is 11.5 Å². The van der Waals surface area contributed by atoms with Gasteiger partial charge in [-0.3, -0.25) is 28.7 Å². The van der Waals surface area contributed by atoms with Crippen molar-refractivity contribution in [1.29, 1.82) is 0 Å². The van der Waals surface area contributed by atoms with E-state index in [4.69, 9.17) is 9.47 Å². The van der Waals surface area contributed by atoms with Gasteiger partial charge in [0.25, 0.3) is 11.8 Å². The molecule has 316 valence electrons. The van der Waals surface area contributed by atoms with Gasteiger partial charge in [-0.15, -0.1) is 0 Å². The van der Waals surface area contributed by atoms with E-state index in [0.29, 0.717) is 22.6 Å². The van der Waals surface area contributed by atoms with E-state index >= 15 is 0 Å². The van der Waals surface area contributed by atoms with E-state index in [2.05, 4.69) is 50.5 Å². The Labute approximate surface area is 343 Å². The number of imidazole rings is 2. The van der Waals surface area contributed by atoms with Gasteiger partial charge >= 0.3 is 12.4 Å². The fourth-order valence-corrected chi connectivity index (χ4v) is 5.88. The summed E-state index contributed by atoms with van der Waals surface area (Å²) in [6.45, 7) is 1.73. The second-order valence-corrected chi connectivity index (χ2v) is 12.7. The molecule has 8 rings (SSSR count). The number of fused-ring (bicyclic) bond motifs is 2. The number of nitrogens with one attached hydrogen (secondary N) is 2. The fraction of sp³-hybridized carbons (Fsp3) is 0.128. The van der Waals surface area contributed by atoms with Crippen molar-refractivity contribution in [3.63, 3.8) is 0 Å². The monoisotopic (exact) mass is 860 g/mol. The van der Waals surface area contributed by atoms with Gasteiger partial charge in [-0.05, 0) is 48.9 Å². The molecule has 0 fully saturated rings. The van der Waals surface area contributed by atoms with Crippen LogP contribution in [-0.2, 0) is 12.4 Å². The number of halogens is 7. The molecule has 0 aliphatic rings. The van der Waals surface area contributed by atoms with Crippen molar-refractivity contribution in [3.05, 3.63) is 132 Å². The number of pyridine rings is 2. The summed E-state index contributed by atoms with van der Waals surface area (Å²) in [6, 6.07) is 11.4. The first kappa shape index (κ1) is 42.0. The molecule has 0 atom stereocenters. The maximum absolute atomic E-state index is 13.7. The number of hydrogen-bond acceptors (Lipinski definition) is 12. The lowest BCUT2D eigenvalue weighted by molar-refractivity contribution is -0.146. The van der Waals surface area contributed by atoms with Gasteiger partial charge in [0, 0.05) is 36.3 Å². The van der Waals surface area contributed by atoms with E-state index in [9.17, 15) is 40.3 Å². The summed E-state index contributed by atoms with van der Waals surface area (Å²) in [6.07, 6.45) is 0.0668. The number of amides is 2. The third-order valence-electron chi connectivity index (χ3n) is 8.73. The molecule has 16 nitrogen and oxygen atoms in total. The number of ether oxygens (including phenoxy) is 2. The summed E-state index contributed by atoms with van der Waals surface area (Å²) in [5, 5.41) is 4.89. The Balaban J connectivity index is 0.000000186. The highest BCUT2D eigenvalue weighted by atomic mass is 19.4. The number of aryl methyl sites for hydroxylation is 1. The molecule has 2 amide bonds. The lowest BCUT2D eigenvalue weighted by atomic mass is 10.1. The van der Waals surface area contributed by atoms with Crippen molar-refractivity contribution in [2.45, 2.75) is 19.3 Å². The first-order valence-corrected chi connectivity index (χ1v) is 17.6. The van der Waals surface area contributed by atoms with E-state index < -0.39 is 41.6 Å². The van der Waals surface area contributed by atoms with E-state index in [1.54, 1.807) is 19.2 Å². The standard InChI is InChI=1S/C20H15F3N6O2.C19H12F4N6O2/c1-11-8-24-6-5-13(11)18(30)28-16-9-26-17(10-25-16)29-15-4-3-12(31-2)7-14(15)27-19(29)20(21,22)23;1-31-10-2-3-14-13(6-10)27-18(19(21,22)23)29(14)16-9-25-15(8-26-16)28-17(30)11-4-5-24-7-12(11)20/h3-10H,1-2H3,(H,25,28,30);2-9H,1H3,(H,25,28,30). The molecule has 6 heterocycles. The molecule has 2 aromatic carbocycles. The third-order valence-corrected chi connectivity index (χ3v) is 8.73. The summed E-state index contributed by atoms with van der Waals surface area (Å²) in [5.41, 5.74) is 1.27. The van der Waals surface area contributed by atoms with Gasteiger partial charge in [-0.25, -0.2) is 34.3 Å². The van der Waals surface area contributed by atoms with Crippen LogP contribution in [0.3, 0.4) is 0 Å². The number of carbonyl (C=O) groups is 2. The van der Waals surface area contributed by atoms with Crippen LogP contribution in [0, 0.1) is 12.7 Å². The molecule has 2 N–H and O–H groups in total. The van der Waals surface area contributed by atoms with Crippen LogP contribution in [0.4, 0.5) is 42.4 Å². The van der Waals surface area contributed by atoms with Gasteiger partial charge in [-0.2, -0.15) is 26.3 Å². The van der Waals surface area contributed by atoms with Gasteiger partial charge in [0.1, 0.15) is 11.5 Å². The largest absolute Gasteiger partial charge is 0.497 e. The molecule has 0 bridgehead atoms. The average Bonchev–Trinajstić information content (AvgIpc) is 3.84. The van der Waals surface area contributed by atoms with Crippen LogP contribution in [0.2, 0.25) is 0 Å². The number of anilines is 2. The molecule has 0 spiro atoms. The zero-order valence-corrected chi connectivity index (χ0v) is 32.0. The normalized spacial score (nSPS) is 11.5. The molecule has 0 unspecified atom stereocenters. The topological polar surface area (TPSA) is 190 Å². The Morgan fingerprint density at radius 3 is 1.45 bits per heavy atom. The molecule has 0 aliphatic carbocycles. The van der Waals surface area contributed by atoms with Gasteiger partial charge < -0.3 is 20.1 Å². The summed E-state index contributed by atoms with van der Waals surface area (Å²) in [7, 11) is 2.80. The number of nitrogens with zero attached hydrogens (tertiary/aromatic N) is 10. The maximum atomic E-state index is 13.7. The molecule has 62 heavy (non-hydrogen) atoms. The molecule has 0 saturated heterocycles. The number of methoxy groups -OCH3 is 2. The highest BCUT2D eigenvalue weighted by Crippen LogP contribution is 2.36. The number of alkyl halides is 6. The van der Waals surface area contributed by atoms with Crippen molar-refractivity contribution in [3.8, 4) is 23.1 Å². The van der Waals surface area contributed by atoms with Gasteiger partial charge in [0.2, 0.25) is 11.6 Å². The summed E-state index contributed by atoms with van der Waals surface area (Å²) in [4.78, 5) is 55.4. The van der Waals surface area contributed by atoms with Crippen LogP contribution in [0.1, 0.15) is 37.9 Å². The summed E-state index contributed by atoms with van der Waals surface area (Å²) in [5.74, 6) is -3.95. The van der Waals surface area contributed by atoms with E-state index in [-0.39, 0.29) is 50.9 Å². The fourth-order valence-electron chi connectivity index (χ4n) is 5.88. The Hall–Kier alpha value is -8.11. The van der Waals surface area contributed by atoms with Crippen molar-refractivity contribution >= 4 is 45.5 Å². The van der Waals surface area contributed by atoms with E-state index in [1.807, 2.05) is 0 Å². The molecule has 0 aliphatic heterocycles. The van der Waals surface area contributed by atoms with Crippen LogP contribution in [-0.4, -0.2) is 75.0 Å². The van der Waals surface area contributed by atoms with Crippen molar-refractivity contribution < 1.29 is 49.8 Å². The zero-order valence-electron chi connectivity index (χ0n) is 32.0. The summed E-state index contributed by atoms with van der Waals surface area (Å²) >= 11 is 0. The summed E-state index contributed by atoms with van der Waals surface area (Å²) < 4.78 is 107. The van der Waals surface area contributed by atoms with E-state index in [1.165, 1.54) is 75.3 Å². The second-order valence-electron chi connectivity index (χ2n) is 12.7. The highest BCUT2D eigenvalue weighted by Gasteiger charge is 2.39. The zero-order chi connectivity index (χ0) is 44.3. The lowest BCUT2D eigenvalue weighted by Crippen LogP contribution is -2.17. The maximum Gasteiger partial charge on any atom is 0.450 e. The molecule has 6 aromatic heterocycles. The van der Waals surface area contributed by atoms with Crippen molar-refractivity contribution in [1.82, 2.24) is 49.0 Å². The predicted octanol–water partition coefficient (Wildman–Crippen LogP) is 7.43. The number of rotatable bonds is 8. The molecule has 0 saturated carbocycles. The van der Waals surface area contributed by atoms with Crippen molar-refractivity contribution in [2.24, 2.45) is 0 Å². The van der Waals surface area contributed by atoms with Crippen molar-refractivity contribution in [2.75, 3.05) is 24.9 Å². The first-order chi connectivity index (χ1) is 29.5. The smallest absolute Gasteiger partial charge is 0.450 e. The Morgan fingerprint density at radius 1 is 0.597 bits per heavy atom. The first-order valence-electron chi connectivity index (χ1n) is 17.6. The molecular weight excluding hydrogens is 833 g/mol. The lowest BCUT2D eigenvalue weighted by Gasteiger charge is -2.11. The van der Waals surface area contributed by atoms with Gasteiger partial charge in [0.15, 0.2) is 29.1 Å². The van der Waals surface area contributed by atoms with Crippen LogP contribution < -0.4 is 20.1 Å². The Kier molecular flexibility index (Phi) is 11.4. The molecule has 23 heteroatoms. The molecular formula is C39H27F7N12O4. The highest BCUT2D eigenvalue weighted by molar-refractivity contribution is 6.05. The number of aromatic nitrogens is 10. The molecule has 8 aromatic rings. The van der Waals surface area contributed by atoms with Crippen LogP contribution in [0.15, 0.2) is 98.1 Å². The minimum Gasteiger partial charge on any atom is -0.497 e. The third kappa shape index (κ3) is 8.76. The van der Waals surface area contributed by atoms with Gasteiger partial charge in [0.05, 0.1) is 72.8 Å². The number of benzene rings is 2. The predicted molar refractivity (Wildman–Crippen MR) is 206 cm³/mol. The Bertz CT molecular complexity index is 2740. The SMILES string of the molecule is COc1ccc2c(c1)nc(C(F)(F)F)n2-c1cnc(NC(=O)c2ccncc2C)cn1.COc1ccc2c(c1)nc(C(F)(F)F)n2-c1cnc(NC(=O)c2ccncc2F)cn1. The van der Waals surface area contributed by atoms with Crippen LogP contribution >= 0.6 is 0 Å². The average molecular weight is 861 g/mol.